The Kier molecular flexibility index (Phi) is 6.40. The van der Waals surface area contributed by atoms with Crippen molar-refractivity contribution < 1.29 is 13.3 Å². The van der Waals surface area contributed by atoms with Crippen molar-refractivity contribution in [2.24, 2.45) is 5.84 Å². The van der Waals surface area contributed by atoms with Crippen LogP contribution in [0.4, 0.5) is 11.4 Å². The molecule has 1 rings (SSSR count). The quantitative estimate of drug-likeness (QED) is 0.371. The fourth-order valence-corrected chi connectivity index (χ4v) is 2.97. The van der Waals surface area contributed by atoms with Crippen LogP contribution in [0.5, 0.6) is 0 Å². The van der Waals surface area contributed by atoms with Crippen LogP contribution in [0.3, 0.4) is 0 Å². The van der Waals surface area contributed by atoms with Crippen LogP contribution in [0.25, 0.3) is 0 Å². The number of hydrogen-bond donors (Lipinski definition) is 3. The summed E-state index contributed by atoms with van der Waals surface area (Å²) >= 11 is 1.64. The Morgan fingerprint density at radius 2 is 2.14 bits per heavy atom. The fourth-order valence-electron chi connectivity index (χ4n) is 1.55. The van der Waals surface area contributed by atoms with Gasteiger partial charge in [-0.2, -0.15) is 11.8 Å². The minimum Gasteiger partial charge on any atom is -0.318 e. The molecule has 4 N–H and O–H groups in total. The fraction of sp³-hybridized carbons (Fsp3) is 0.455. The molecule has 21 heavy (non-hydrogen) atoms. The minimum absolute atomic E-state index is 0.0509. The minimum atomic E-state index is -3.78. The number of nitrogens with two attached hydrogens (primary N) is 1. The third-order valence-electron chi connectivity index (χ3n) is 2.88. The molecule has 0 aliphatic heterocycles. The SMILES string of the molecule is CSC(C)CCNS(=O)(=O)c1ccc(NN)c([N+](=O)[O-])c1. The van der Waals surface area contributed by atoms with Gasteiger partial charge in [0.1, 0.15) is 5.69 Å². The molecule has 1 unspecified atom stereocenters. The van der Waals surface area contributed by atoms with Gasteiger partial charge in [0.15, 0.2) is 0 Å². The highest BCUT2D eigenvalue weighted by Crippen LogP contribution is 2.26. The zero-order valence-corrected chi connectivity index (χ0v) is 13.3. The first-order valence-electron chi connectivity index (χ1n) is 6.09. The number of thioether (sulfide) groups is 1. The van der Waals surface area contributed by atoms with Crippen LogP contribution in [0, 0.1) is 10.1 Å². The second-order valence-corrected chi connectivity index (χ2v) is 7.36. The zero-order valence-electron chi connectivity index (χ0n) is 11.7. The van der Waals surface area contributed by atoms with Crippen molar-refractivity contribution in [3.63, 3.8) is 0 Å². The van der Waals surface area contributed by atoms with Gasteiger partial charge < -0.3 is 5.43 Å². The van der Waals surface area contributed by atoms with Crippen molar-refractivity contribution in [1.29, 1.82) is 0 Å². The van der Waals surface area contributed by atoms with E-state index in [9.17, 15) is 18.5 Å². The number of sulfonamides is 1. The van der Waals surface area contributed by atoms with Gasteiger partial charge in [0.25, 0.3) is 5.69 Å². The molecule has 0 aromatic heterocycles. The van der Waals surface area contributed by atoms with E-state index in [4.69, 9.17) is 5.84 Å². The van der Waals surface area contributed by atoms with Gasteiger partial charge in [-0.1, -0.05) is 6.92 Å². The Labute approximate surface area is 127 Å². The predicted molar refractivity (Wildman–Crippen MR) is 83.7 cm³/mol. The topological polar surface area (TPSA) is 127 Å². The molecule has 0 bridgehead atoms. The maximum atomic E-state index is 12.1. The molecule has 1 aromatic carbocycles. The van der Waals surface area contributed by atoms with Crippen LogP contribution in [0.1, 0.15) is 13.3 Å². The van der Waals surface area contributed by atoms with E-state index in [0.29, 0.717) is 11.7 Å². The maximum Gasteiger partial charge on any atom is 0.294 e. The van der Waals surface area contributed by atoms with Gasteiger partial charge in [-0.3, -0.25) is 16.0 Å². The van der Waals surface area contributed by atoms with E-state index in [2.05, 4.69) is 10.1 Å². The second-order valence-electron chi connectivity index (χ2n) is 4.31. The number of nitrogens with zero attached hydrogens (tertiary/aromatic N) is 1. The van der Waals surface area contributed by atoms with E-state index in [1.54, 1.807) is 11.8 Å². The Morgan fingerprint density at radius 1 is 1.48 bits per heavy atom. The molecular weight excluding hydrogens is 316 g/mol. The van der Waals surface area contributed by atoms with Gasteiger partial charge in [-0.05, 0) is 24.8 Å². The molecule has 0 amide bonds. The smallest absolute Gasteiger partial charge is 0.294 e. The lowest BCUT2D eigenvalue weighted by Crippen LogP contribution is -2.26. The van der Waals surface area contributed by atoms with E-state index in [-0.39, 0.29) is 17.1 Å². The number of hydrogen-bond acceptors (Lipinski definition) is 7. The summed E-state index contributed by atoms with van der Waals surface area (Å²) in [5.74, 6) is 5.15. The molecule has 8 nitrogen and oxygen atoms in total. The second kappa shape index (κ2) is 7.59. The molecule has 0 aliphatic carbocycles. The molecule has 0 radical (unpaired) electrons. The van der Waals surface area contributed by atoms with Crippen LogP contribution < -0.4 is 16.0 Å². The molecular formula is C11H18N4O4S2. The van der Waals surface area contributed by atoms with E-state index in [1.165, 1.54) is 12.1 Å². The highest BCUT2D eigenvalue weighted by molar-refractivity contribution is 7.99. The highest BCUT2D eigenvalue weighted by Gasteiger charge is 2.20. The number of nitro groups is 1. The monoisotopic (exact) mass is 334 g/mol. The molecule has 0 saturated heterocycles. The van der Waals surface area contributed by atoms with Crippen LogP contribution in [0.15, 0.2) is 23.1 Å². The van der Waals surface area contributed by atoms with Gasteiger partial charge in [0.05, 0.1) is 9.82 Å². The number of anilines is 1. The normalized spacial score (nSPS) is 12.9. The summed E-state index contributed by atoms with van der Waals surface area (Å²) in [5, 5.41) is 11.2. The molecule has 1 atom stereocenters. The van der Waals surface area contributed by atoms with Gasteiger partial charge in [-0.15, -0.1) is 0 Å². The summed E-state index contributed by atoms with van der Waals surface area (Å²) in [6.07, 6.45) is 2.62. The van der Waals surface area contributed by atoms with Crippen LogP contribution in [-0.4, -0.2) is 31.4 Å². The van der Waals surface area contributed by atoms with Crippen molar-refractivity contribution in [1.82, 2.24) is 4.72 Å². The van der Waals surface area contributed by atoms with Crippen LogP contribution >= 0.6 is 11.8 Å². The first kappa shape index (κ1) is 17.7. The average molecular weight is 334 g/mol. The standard InChI is InChI=1S/C11H18N4O4S2/c1-8(20-2)5-6-13-21(18,19)9-3-4-10(14-12)11(7-9)15(16)17/h3-4,7-8,13-14H,5-6,12H2,1-2H3. The Morgan fingerprint density at radius 3 is 2.67 bits per heavy atom. The van der Waals surface area contributed by atoms with Crippen molar-refractivity contribution in [2.45, 2.75) is 23.5 Å². The third-order valence-corrected chi connectivity index (χ3v) is 5.38. The molecule has 0 saturated carbocycles. The Hall–Kier alpha value is -1.36. The van der Waals surface area contributed by atoms with E-state index < -0.39 is 20.6 Å². The van der Waals surface area contributed by atoms with Gasteiger partial charge in [0.2, 0.25) is 10.0 Å². The lowest BCUT2D eigenvalue weighted by atomic mass is 10.3. The Balaban J connectivity index is 2.93. The van der Waals surface area contributed by atoms with Crippen molar-refractivity contribution in [2.75, 3.05) is 18.2 Å². The Bertz CT molecular complexity index is 606. The molecule has 118 valence electrons. The van der Waals surface area contributed by atoms with E-state index >= 15 is 0 Å². The zero-order chi connectivity index (χ0) is 16.0. The van der Waals surface area contributed by atoms with Gasteiger partial charge in [-0.25, -0.2) is 13.1 Å². The molecule has 0 aliphatic rings. The van der Waals surface area contributed by atoms with Crippen molar-refractivity contribution >= 4 is 33.2 Å². The molecule has 10 heteroatoms. The summed E-state index contributed by atoms with van der Waals surface area (Å²) < 4.78 is 26.6. The first-order chi connectivity index (χ1) is 9.81. The molecule has 0 heterocycles. The number of nitrogens with one attached hydrogen (secondary N) is 2. The average Bonchev–Trinajstić information content (AvgIpc) is 2.45. The van der Waals surface area contributed by atoms with E-state index in [1.807, 2.05) is 13.2 Å². The van der Waals surface area contributed by atoms with Crippen molar-refractivity contribution in [3.8, 4) is 0 Å². The van der Waals surface area contributed by atoms with Crippen molar-refractivity contribution in [3.05, 3.63) is 28.3 Å². The first-order valence-corrected chi connectivity index (χ1v) is 8.86. The summed E-state index contributed by atoms with van der Waals surface area (Å²) in [4.78, 5) is 10.0. The number of benzene rings is 1. The molecule has 0 fully saturated rings. The summed E-state index contributed by atoms with van der Waals surface area (Å²) in [6, 6.07) is 3.51. The lowest BCUT2D eigenvalue weighted by Gasteiger charge is -2.10. The number of hydrazine groups is 1. The number of rotatable bonds is 8. The summed E-state index contributed by atoms with van der Waals surface area (Å²) in [6.45, 7) is 2.26. The largest absolute Gasteiger partial charge is 0.318 e. The highest BCUT2D eigenvalue weighted by atomic mass is 32.2. The van der Waals surface area contributed by atoms with E-state index in [0.717, 1.165) is 6.07 Å². The third kappa shape index (κ3) is 4.84. The predicted octanol–water partition coefficient (Wildman–Crippen LogP) is 1.30. The van der Waals surface area contributed by atoms with Gasteiger partial charge in [0, 0.05) is 17.9 Å². The van der Waals surface area contributed by atoms with Crippen LogP contribution in [-0.2, 0) is 10.0 Å². The van der Waals surface area contributed by atoms with Crippen LogP contribution in [0.2, 0.25) is 0 Å². The van der Waals surface area contributed by atoms with Gasteiger partial charge >= 0.3 is 0 Å². The lowest BCUT2D eigenvalue weighted by molar-refractivity contribution is -0.384. The summed E-state index contributed by atoms with van der Waals surface area (Å²) in [5.41, 5.74) is 1.82. The number of nitro benzene ring substituents is 1. The molecule has 1 aromatic rings. The number of nitrogen functional groups attached to an aromatic ring is 1. The maximum absolute atomic E-state index is 12.1. The molecule has 0 spiro atoms. The summed E-state index contributed by atoms with van der Waals surface area (Å²) in [7, 11) is -3.78.